The van der Waals surface area contributed by atoms with Gasteiger partial charge in [0.15, 0.2) is 0 Å². The van der Waals surface area contributed by atoms with Crippen LogP contribution in [0.25, 0.3) is 0 Å². The van der Waals surface area contributed by atoms with Crippen LogP contribution in [0.1, 0.15) is 102 Å². The summed E-state index contributed by atoms with van der Waals surface area (Å²) < 4.78 is 13.3. The Morgan fingerprint density at radius 2 is 1.04 bits per heavy atom. The third-order valence-electron chi connectivity index (χ3n) is 4.88. The van der Waals surface area contributed by atoms with E-state index in [0.717, 1.165) is 5.56 Å². The van der Waals surface area contributed by atoms with Gasteiger partial charge >= 0.3 is 17.9 Å². The predicted octanol–water partition coefficient (Wildman–Crippen LogP) is 3.95. The molecule has 0 aliphatic heterocycles. The molecule has 13 nitrogen and oxygen atoms in total. The Labute approximate surface area is 272 Å². The average Bonchev–Trinajstić information content (AvgIpc) is 2.93. The van der Waals surface area contributed by atoms with E-state index >= 15 is 0 Å². The number of aryl methyl sites for hydroxylation is 1. The number of hydrogen-bond donors (Lipinski definition) is 2. The highest BCUT2D eigenvalue weighted by atomic mass is 16.6. The van der Waals surface area contributed by atoms with E-state index in [0.29, 0.717) is 11.3 Å². The topological polar surface area (TPSA) is 180 Å². The van der Waals surface area contributed by atoms with E-state index in [2.05, 4.69) is 34.8 Å². The number of amides is 2. The predicted molar refractivity (Wildman–Crippen MR) is 173 cm³/mol. The molecule has 0 fully saturated rings. The number of nitrogens with one attached hydrogen (secondary N) is 2. The standard InChI is InChI=1S/C15H20N2O4.C11H16N2O.C6H10O4.CH4/c1-5-21-14(20)11(18)9-10-7-6-8-16-12(10)13(19)17-15(2,3)4;1-8-6-5-7-12-9(8)10(14)13-11(2,3)4;1-3-9-5(7)6(8)10-4-2;/h6-8H,5,9H2,1-4H3,(H,17,19);5-7H,1-4H3,(H,13,14);3-4H2,1-2H3;1H4. The summed E-state index contributed by atoms with van der Waals surface area (Å²) in [7, 11) is 0. The largest absolute Gasteiger partial charge is 0.460 e. The van der Waals surface area contributed by atoms with Gasteiger partial charge in [-0.15, -0.1) is 0 Å². The first-order valence-electron chi connectivity index (χ1n) is 14.4. The summed E-state index contributed by atoms with van der Waals surface area (Å²) in [6, 6.07) is 6.91. The van der Waals surface area contributed by atoms with Crippen LogP contribution in [0, 0.1) is 6.92 Å². The number of Topliss-reactive ketones (excluding diaryl/α,β-unsaturated/α-hetero) is 1. The zero-order valence-electron chi connectivity index (χ0n) is 27.9. The molecule has 0 spiro atoms. The molecule has 0 aliphatic carbocycles. The number of pyridine rings is 2. The fraction of sp³-hybridized carbons (Fsp3) is 0.515. The quantitative estimate of drug-likeness (QED) is 0.241. The van der Waals surface area contributed by atoms with Gasteiger partial charge in [0.25, 0.3) is 11.8 Å². The summed E-state index contributed by atoms with van der Waals surface area (Å²) in [5, 5.41) is 5.65. The zero-order valence-corrected chi connectivity index (χ0v) is 27.9. The highest BCUT2D eigenvalue weighted by molar-refractivity contribution is 6.34. The fourth-order valence-electron chi connectivity index (χ4n) is 3.15. The SMILES string of the molecule is C.CCOC(=O)C(=O)Cc1cccnc1C(=O)NC(C)(C)C.CCOC(=O)C(=O)OCC.Cc1cccnc1C(=O)NC(C)(C)C. The normalized spacial score (nSPS) is 10.2. The first-order valence-corrected chi connectivity index (χ1v) is 14.4. The van der Waals surface area contributed by atoms with Crippen LogP contribution in [0.5, 0.6) is 0 Å². The third kappa shape index (κ3) is 18.2. The highest BCUT2D eigenvalue weighted by Gasteiger charge is 2.23. The van der Waals surface area contributed by atoms with Crippen LogP contribution in [0.2, 0.25) is 0 Å². The van der Waals surface area contributed by atoms with Crippen LogP contribution >= 0.6 is 0 Å². The second-order valence-corrected chi connectivity index (χ2v) is 11.3. The number of ketones is 1. The summed E-state index contributed by atoms with van der Waals surface area (Å²) >= 11 is 0. The lowest BCUT2D eigenvalue weighted by Gasteiger charge is -2.20. The highest BCUT2D eigenvalue weighted by Crippen LogP contribution is 2.10. The molecular weight excluding hydrogens is 596 g/mol. The maximum Gasteiger partial charge on any atom is 0.417 e. The van der Waals surface area contributed by atoms with Crippen LogP contribution in [0.4, 0.5) is 0 Å². The maximum absolute atomic E-state index is 12.2. The lowest BCUT2D eigenvalue weighted by molar-refractivity contribution is -0.167. The van der Waals surface area contributed by atoms with E-state index in [9.17, 15) is 28.8 Å². The van der Waals surface area contributed by atoms with Crippen molar-refractivity contribution in [3.63, 3.8) is 0 Å². The lowest BCUT2D eigenvalue weighted by Crippen LogP contribution is -2.41. The summed E-state index contributed by atoms with van der Waals surface area (Å²) in [5.41, 5.74) is 1.30. The number of aromatic nitrogens is 2. The van der Waals surface area contributed by atoms with Gasteiger partial charge in [-0.05, 0) is 92.5 Å². The molecule has 0 aromatic carbocycles. The molecule has 2 aromatic rings. The van der Waals surface area contributed by atoms with E-state index in [1.807, 2.05) is 60.6 Å². The Bertz CT molecular complexity index is 1300. The maximum atomic E-state index is 12.2. The van der Waals surface area contributed by atoms with Crippen molar-refractivity contribution in [2.24, 2.45) is 0 Å². The van der Waals surface area contributed by atoms with Crippen LogP contribution in [0.3, 0.4) is 0 Å². The van der Waals surface area contributed by atoms with Gasteiger partial charge < -0.3 is 24.8 Å². The van der Waals surface area contributed by atoms with Crippen LogP contribution in [0.15, 0.2) is 36.7 Å². The van der Waals surface area contributed by atoms with Gasteiger partial charge in [-0.25, -0.2) is 14.4 Å². The number of rotatable bonds is 8. The minimum atomic E-state index is -0.927. The van der Waals surface area contributed by atoms with Crippen LogP contribution < -0.4 is 10.6 Å². The average molecular weight is 647 g/mol. The van der Waals surface area contributed by atoms with Crippen LogP contribution in [-0.4, -0.2) is 76.4 Å². The van der Waals surface area contributed by atoms with E-state index in [4.69, 9.17) is 0 Å². The number of ether oxygens (including phenoxy) is 3. The summed E-state index contributed by atoms with van der Waals surface area (Å²) in [5.74, 6) is -3.95. The third-order valence-corrected chi connectivity index (χ3v) is 4.88. The molecule has 0 atom stereocenters. The van der Waals surface area contributed by atoms with Crippen molar-refractivity contribution in [1.29, 1.82) is 0 Å². The Morgan fingerprint density at radius 3 is 1.46 bits per heavy atom. The van der Waals surface area contributed by atoms with Crippen molar-refractivity contribution >= 4 is 35.5 Å². The number of carbonyl (C=O) groups excluding carboxylic acids is 6. The first kappa shape index (κ1) is 43.4. The number of carbonyl (C=O) groups is 6. The van der Waals surface area contributed by atoms with Crippen LogP contribution in [-0.2, 0) is 39.8 Å². The van der Waals surface area contributed by atoms with E-state index in [1.165, 1.54) is 6.20 Å². The smallest absolute Gasteiger partial charge is 0.417 e. The Hall–Kier alpha value is -4.68. The van der Waals surface area contributed by atoms with E-state index in [1.54, 1.807) is 39.1 Å². The van der Waals surface area contributed by atoms with Gasteiger partial charge in [0, 0.05) is 29.9 Å². The van der Waals surface area contributed by atoms with Crippen molar-refractivity contribution in [3.05, 3.63) is 59.2 Å². The zero-order chi connectivity index (χ0) is 34.8. The molecule has 0 radical (unpaired) electrons. The Kier molecular flexibility index (Phi) is 20.0. The molecule has 46 heavy (non-hydrogen) atoms. The molecular formula is C33H50N4O9. The molecule has 2 amide bonds. The molecule has 0 unspecified atom stereocenters. The molecule has 0 saturated heterocycles. The molecule has 0 saturated carbocycles. The lowest BCUT2D eigenvalue weighted by atomic mass is 10.0. The molecule has 2 aromatic heterocycles. The summed E-state index contributed by atoms with van der Waals surface area (Å²) in [6.07, 6.45) is 2.89. The molecule has 13 heteroatoms. The van der Waals surface area contributed by atoms with Crippen molar-refractivity contribution in [2.75, 3.05) is 19.8 Å². The van der Waals surface area contributed by atoms with Crippen molar-refractivity contribution in [3.8, 4) is 0 Å². The van der Waals surface area contributed by atoms with E-state index in [-0.39, 0.29) is 56.7 Å². The minimum absolute atomic E-state index is 0. The first-order chi connectivity index (χ1) is 20.9. The van der Waals surface area contributed by atoms with E-state index < -0.39 is 29.2 Å². The van der Waals surface area contributed by atoms with Gasteiger partial charge in [-0.3, -0.25) is 24.4 Å². The fourth-order valence-corrected chi connectivity index (χ4v) is 3.15. The molecule has 2 rings (SSSR count). The van der Waals surface area contributed by atoms with Gasteiger partial charge in [-0.1, -0.05) is 19.6 Å². The molecule has 0 aliphatic rings. The van der Waals surface area contributed by atoms with Gasteiger partial charge in [0.1, 0.15) is 11.4 Å². The molecule has 0 bridgehead atoms. The Morgan fingerprint density at radius 1 is 0.652 bits per heavy atom. The summed E-state index contributed by atoms with van der Waals surface area (Å²) in [6.45, 7) is 18.6. The molecule has 2 heterocycles. The summed E-state index contributed by atoms with van der Waals surface area (Å²) in [4.78, 5) is 75.9. The van der Waals surface area contributed by atoms with Crippen molar-refractivity contribution < 1.29 is 43.0 Å². The number of esters is 3. The molecule has 2 N–H and O–H groups in total. The monoisotopic (exact) mass is 646 g/mol. The minimum Gasteiger partial charge on any atom is -0.460 e. The Balaban J connectivity index is 0. The second kappa shape index (κ2) is 21.1. The number of hydrogen-bond acceptors (Lipinski definition) is 11. The van der Waals surface area contributed by atoms with Gasteiger partial charge in [-0.2, -0.15) is 0 Å². The van der Waals surface area contributed by atoms with Crippen molar-refractivity contribution in [2.45, 2.75) is 94.2 Å². The molecule has 256 valence electrons. The number of nitrogens with zero attached hydrogens (tertiary/aromatic N) is 2. The second-order valence-electron chi connectivity index (χ2n) is 11.3. The van der Waals surface area contributed by atoms with Gasteiger partial charge in [0.05, 0.1) is 19.8 Å². The van der Waals surface area contributed by atoms with Gasteiger partial charge in [0.2, 0.25) is 5.78 Å². The van der Waals surface area contributed by atoms with Crippen molar-refractivity contribution in [1.82, 2.24) is 20.6 Å².